The van der Waals surface area contributed by atoms with Gasteiger partial charge in [0.15, 0.2) is 11.1 Å². The molecule has 1 rings (SSSR count). The highest BCUT2D eigenvalue weighted by molar-refractivity contribution is 7.79. The molecular weight excluding hydrogens is 408 g/mol. The van der Waals surface area contributed by atoms with E-state index in [2.05, 4.69) is 37.9 Å². The predicted octanol–water partition coefficient (Wildman–Crippen LogP) is 5.59. The fourth-order valence-corrected chi connectivity index (χ4v) is 4.29. The fourth-order valence-electron chi connectivity index (χ4n) is 3.92. The topological polar surface area (TPSA) is 69.6 Å². The summed E-state index contributed by atoms with van der Waals surface area (Å²) in [5.74, 6) is 0.319. The number of carbonyl (C=O) groups is 1. The van der Waals surface area contributed by atoms with Crippen molar-refractivity contribution in [3.05, 3.63) is 29.8 Å². The number of hydrogen-bond acceptors (Lipinski definition) is 3. The van der Waals surface area contributed by atoms with E-state index in [1.165, 1.54) is 25.7 Å². The van der Waals surface area contributed by atoms with Crippen molar-refractivity contribution < 1.29 is 13.6 Å². The molecule has 6 heteroatoms. The van der Waals surface area contributed by atoms with Gasteiger partial charge in [-0.2, -0.15) is 0 Å². The van der Waals surface area contributed by atoms with Crippen molar-refractivity contribution >= 4 is 17.0 Å². The number of rotatable bonds is 16. The average molecular weight is 453 g/mol. The summed E-state index contributed by atoms with van der Waals surface area (Å²) in [5, 5.41) is 3.18. The predicted molar refractivity (Wildman–Crippen MR) is 131 cm³/mol. The van der Waals surface area contributed by atoms with Crippen LogP contribution in [-0.2, 0) is 15.9 Å². The van der Waals surface area contributed by atoms with E-state index in [0.717, 1.165) is 44.5 Å². The van der Waals surface area contributed by atoms with Gasteiger partial charge in [0.05, 0.1) is 4.90 Å². The third-order valence-corrected chi connectivity index (χ3v) is 7.00. The zero-order valence-electron chi connectivity index (χ0n) is 20.3. The van der Waals surface area contributed by atoms with Crippen LogP contribution in [0.25, 0.3) is 0 Å². The standard InChI is InChI=1S/C25H44N2O3S/c1-6-9-17-27(18-10-7-2)19-11-16-26-24(28)25(5,8-3)20-21(4)22-12-14-23(15-13-22)31(29)30/h12-15,21H,6-11,16-20H2,1-5H3,(H,26,28)(H,29,30). The molecule has 0 saturated carbocycles. The van der Waals surface area contributed by atoms with Crippen LogP contribution in [0.15, 0.2) is 29.2 Å². The first-order valence-electron chi connectivity index (χ1n) is 12.0. The number of nitrogens with one attached hydrogen (secondary N) is 1. The lowest BCUT2D eigenvalue weighted by Crippen LogP contribution is -2.40. The third kappa shape index (κ3) is 9.84. The maximum absolute atomic E-state index is 13.0. The molecule has 3 atom stereocenters. The minimum Gasteiger partial charge on any atom is -0.356 e. The van der Waals surface area contributed by atoms with E-state index in [-0.39, 0.29) is 11.8 Å². The van der Waals surface area contributed by atoms with E-state index in [0.29, 0.717) is 11.4 Å². The smallest absolute Gasteiger partial charge is 0.225 e. The van der Waals surface area contributed by atoms with Crippen molar-refractivity contribution in [1.29, 1.82) is 0 Å². The summed E-state index contributed by atoms with van der Waals surface area (Å²) < 4.78 is 20.4. The van der Waals surface area contributed by atoms with E-state index >= 15 is 0 Å². The van der Waals surface area contributed by atoms with Gasteiger partial charge in [-0.25, -0.2) is 4.21 Å². The second-order valence-corrected chi connectivity index (χ2v) is 9.97. The van der Waals surface area contributed by atoms with Crippen molar-refractivity contribution in [2.45, 2.75) is 90.4 Å². The first-order chi connectivity index (χ1) is 14.8. The van der Waals surface area contributed by atoms with Crippen LogP contribution in [0, 0.1) is 5.41 Å². The number of benzene rings is 1. The van der Waals surface area contributed by atoms with Gasteiger partial charge in [0.1, 0.15) is 0 Å². The molecule has 5 nitrogen and oxygen atoms in total. The van der Waals surface area contributed by atoms with Gasteiger partial charge < -0.3 is 14.8 Å². The van der Waals surface area contributed by atoms with Crippen LogP contribution in [0.1, 0.15) is 91.0 Å². The number of unbranched alkanes of at least 4 members (excludes halogenated alkanes) is 2. The van der Waals surface area contributed by atoms with Crippen LogP contribution in [0.5, 0.6) is 0 Å². The maximum Gasteiger partial charge on any atom is 0.225 e. The summed E-state index contributed by atoms with van der Waals surface area (Å²) in [6.07, 6.45) is 7.40. The molecule has 0 aliphatic rings. The van der Waals surface area contributed by atoms with Gasteiger partial charge in [0.25, 0.3) is 0 Å². The fraction of sp³-hybridized carbons (Fsp3) is 0.720. The van der Waals surface area contributed by atoms with Crippen molar-refractivity contribution in [3.8, 4) is 0 Å². The van der Waals surface area contributed by atoms with Crippen molar-refractivity contribution in [1.82, 2.24) is 10.2 Å². The number of carbonyl (C=O) groups excluding carboxylic acids is 1. The first-order valence-corrected chi connectivity index (χ1v) is 13.1. The van der Waals surface area contributed by atoms with Crippen LogP contribution in [0.2, 0.25) is 0 Å². The Hall–Kier alpha value is -1.24. The van der Waals surface area contributed by atoms with Gasteiger partial charge >= 0.3 is 0 Å². The Kier molecular flexibility index (Phi) is 13.2. The van der Waals surface area contributed by atoms with Gasteiger partial charge in [0.2, 0.25) is 5.91 Å². The van der Waals surface area contributed by atoms with Crippen LogP contribution in [0.3, 0.4) is 0 Å². The van der Waals surface area contributed by atoms with E-state index < -0.39 is 16.5 Å². The summed E-state index contributed by atoms with van der Waals surface area (Å²) in [6.45, 7) is 14.7. The molecule has 2 N–H and O–H groups in total. The highest BCUT2D eigenvalue weighted by atomic mass is 32.2. The minimum absolute atomic E-state index is 0.128. The Morgan fingerprint density at radius 2 is 1.61 bits per heavy atom. The summed E-state index contributed by atoms with van der Waals surface area (Å²) in [4.78, 5) is 15.9. The second-order valence-electron chi connectivity index (χ2n) is 9.00. The molecule has 0 spiro atoms. The van der Waals surface area contributed by atoms with E-state index in [4.69, 9.17) is 0 Å². The number of amides is 1. The Morgan fingerprint density at radius 1 is 1.06 bits per heavy atom. The molecule has 31 heavy (non-hydrogen) atoms. The Balaban J connectivity index is 2.56. The summed E-state index contributed by atoms with van der Waals surface area (Å²) in [6, 6.07) is 7.16. The lowest BCUT2D eigenvalue weighted by molar-refractivity contribution is -0.131. The Bertz CT molecular complexity index is 657. The molecule has 0 aromatic heterocycles. The van der Waals surface area contributed by atoms with E-state index in [9.17, 15) is 13.6 Å². The van der Waals surface area contributed by atoms with Crippen LogP contribution in [-0.4, -0.2) is 45.7 Å². The zero-order chi connectivity index (χ0) is 23.3. The van der Waals surface area contributed by atoms with Gasteiger partial charge in [-0.3, -0.25) is 4.79 Å². The Labute approximate surface area is 192 Å². The van der Waals surface area contributed by atoms with Gasteiger partial charge in [-0.05, 0) is 75.4 Å². The zero-order valence-corrected chi connectivity index (χ0v) is 21.1. The molecule has 1 aromatic rings. The van der Waals surface area contributed by atoms with Gasteiger partial charge in [-0.15, -0.1) is 0 Å². The molecule has 0 saturated heterocycles. The minimum atomic E-state index is -1.96. The quantitative estimate of drug-likeness (QED) is 0.253. The number of hydrogen-bond donors (Lipinski definition) is 2. The molecule has 0 heterocycles. The van der Waals surface area contributed by atoms with Crippen molar-refractivity contribution in [2.24, 2.45) is 5.41 Å². The van der Waals surface area contributed by atoms with Gasteiger partial charge in [0, 0.05) is 12.0 Å². The SMILES string of the molecule is CCCCN(CCCC)CCCNC(=O)C(C)(CC)CC(C)c1ccc(S(=O)O)cc1. The summed E-state index contributed by atoms with van der Waals surface area (Å²) in [7, 11) is 0. The highest BCUT2D eigenvalue weighted by Gasteiger charge is 2.33. The molecule has 3 unspecified atom stereocenters. The largest absolute Gasteiger partial charge is 0.356 e. The molecule has 0 bridgehead atoms. The molecule has 0 fully saturated rings. The molecule has 1 amide bonds. The molecule has 0 aliphatic heterocycles. The lowest BCUT2D eigenvalue weighted by atomic mass is 9.76. The normalized spacial score (nSPS) is 15.5. The Morgan fingerprint density at radius 3 is 2.10 bits per heavy atom. The maximum atomic E-state index is 13.0. The van der Waals surface area contributed by atoms with Crippen molar-refractivity contribution in [2.75, 3.05) is 26.2 Å². The van der Waals surface area contributed by atoms with E-state index in [1.807, 2.05) is 19.1 Å². The summed E-state index contributed by atoms with van der Waals surface area (Å²) >= 11 is -1.96. The molecule has 0 radical (unpaired) electrons. The molecule has 0 aliphatic carbocycles. The molecular formula is C25H44N2O3S. The average Bonchev–Trinajstić information content (AvgIpc) is 2.77. The van der Waals surface area contributed by atoms with Gasteiger partial charge in [-0.1, -0.05) is 59.6 Å². The number of nitrogens with zero attached hydrogens (tertiary/aromatic N) is 1. The van der Waals surface area contributed by atoms with E-state index in [1.54, 1.807) is 12.1 Å². The molecule has 178 valence electrons. The van der Waals surface area contributed by atoms with Crippen molar-refractivity contribution in [3.63, 3.8) is 0 Å². The summed E-state index contributed by atoms with van der Waals surface area (Å²) in [5.41, 5.74) is 0.659. The molecule has 1 aromatic carbocycles. The highest BCUT2D eigenvalue weighted by Crippen LogP contribution is 2.35. The van der Waals surface area contributed by atoms with Crippen LogP contribution >= 0.6 is 0 Å². The van der Waals surface area contributed by atoms with Crippen LogP contribution in [0.4, 0.5) is 0 Å². The van der Waals surface area contributed by atoms with Crippen LogP contribution < -0.4 is 5.32 Å². The monoisotopic (exact) mass is 452 g/mol. The lowest BCUT2D eigenvalue weighted by Gasteiger charge is -2.30. The first kappa shape index (κ1) is 27.8. The third-order valence-electron chi connectivity index (χ3n) is 6.33. The second kappa shape index (κ2) is 14.8.